The molecule has 0 radical (unpaired) electrons. The molecular formula is C17H20Cl2F3N3O2. The van der Waals surface area contributed by atoms with Gasteiger partial charge in [-0.1, -0.05) is 37.0 Å². The van der Waals surface area contributed by atoms with Crippen LogP contribution in [0.2, 0.25) is 10.0 Å². The predicted molar refractivity (Wildman–Crippen MR) is 98.3 cm³/mol. The molecule has 0 aliphatic heterocycles. The largest absolute Gasteiger partial charge is 0.489 e. The second-order valence-corrected chi connectivity index (χ2v) is 7.26. The quantitative estimate of drug-likeness (QED) is 0.661. The van der Waals surface area contributed by atoms with Crippen LogP contribution in [0, 0.1) is 0 Å². The average molecular weight is 426 g/mol. The summed E-state index contributed by atoms with van der Waals surface area (Å²) in [5, 5.41) is 3.35. The van der Waals surface area contributed by atoms with Crippen molar-refractivity contribution in [2.45, 2.75) is 52.3 Å². The summed E-state index contributed by atoms with van der Waals surface area (Å²) in [7, 11) is 1.13. The van der Waals surface area contributed by atoms with Crippen LogP contribution >= 0.6 is 23.2 Å². The molecule has 10 heteroatoms. The molecule has 0 fully saturated rings. The number of nitrogens with zero attached hydrogens (tertiary/aromatic N) is 3. The molecule has 0 aliphatic rings. The minimum absolute atomic E-state index is 0.0231. The zero-order valence-corrected chi connectivity index (χ0v) is 17.0. The van der Waals surface area contributed by atoms with Gasteiger partial charge in [0, 0.05) is 12.6 Å². The second-order valence-electron chi connectivity index (χ2n) is 6.47. The van der Waals surface area contributed by atoms with Crippen molar-refractivity contribution in [1.82, 2.24) is 14.3 Å². The summed E-state index contributed by atoms with van der Waals surface area (Å²) < 4.78 is 47.0. The molecule has 1 atom stereocenters. The maximum atomic E-state index is 13.4. The number of benzene rings is 1. The van der Waals surface area contributed by atoms with E-state index in [9.17, 15) is 18.0 Å². The molecule has 1 aromatic heterocycles. The highest BCUT2D eigenvalue weighted by atomic mass is 35.5. The van der Waals surface area contributed by atoms with Crippen LogP contribution in [0.15, 0.2) is 10.9 Å². The first-order valence-electron chi connectivity index (χ1n) is 8.32. The summed E-state index contributed by atoms with van der Waals surface area (Å²) in [5.74, 6) is -1.23. The van der Waals surface area contributed by atoms with Crippen molar-refractivity contribution in [3.63, 3.8) is 0 Å². The Morgan fingerprint density at radius 1 is 1.26 bits per heavy atom. The molecule has 2 aromatic rings. The normalized spacial score (nSPS) is 13.3. The molecule has 27 heavy (non-hydrogen) atoms. The van der Waals surface area contributed by atoms with Crippen molar-refractivity contribution in [2.75, 3.05) is 0 Å². The molecule has 0 saturated carbocycles. The lowest BCUT2D eigenvalue weighted by Crippen LogP contribution is -2.25. The van der Waals surface area contributed by atoms with Gasteiger partial charge in [0.05, 0.1) is 21.8 Å². The Hall–Kier alpha value is -1.67. The van der Waals surface area contributed by atoms with Crippen molar-refractivity contribution in [3.8, 4) is 11.4 Å². The lowest BCUT2D eigenvalue weighted by atomic mass is 9.96. The Morgan fingerprint density at radius 2 is 1.85 bits per heavy atom. The summed E-state index contributed by atoms with van der Waals surface area (Å²) in [5.41, 5.74) is -0.703. The lowest BCUT2D eigenvalue weighted by molar-refractivity contribution is -0.146. The molecule has 5 nitrogen and oxygen atoms in total. The van der Waals surface area contributed by atoms with E-state index in [1.54, 1.807) is 13.8 Å². The second kappa shape index (κ2) is 7.75. The topological polar surface area (TPSA) is 49.0 Å². The molecule has 0 spiro atoms. The molecule has 0 bridgehead atoms. The summed E-state index contributed by atoms with van der Waals surface area (Å²) in [6.45, 7) is 7.35. The molecule has 0 aliphatic carbocycles. The Morgan fingerprint density at radius 3 is 2.33 bits per heavy atom. The first kappa shape index (κ1) is 21.6. The third-order valence-electron chi connectivity index (χ3n) is 4.06. The smallest absolute Gasteiger partial charge is 0.452 e. The first-order valence-corrected chi connectivity index (χ1v) is 9.07. The highest BCUT2D eigenvalue weighted by Gasteiger charge is 2.40. The van der Waals surface area contributed by atoms with Crippen molar-refractivity contribution in [1.29, 1.82) is 0 Å². The van der Waals surface area contributed by atoms with Crippen LogP contribution in [0.5, 0.6) is 5.75 Å². The molecule has 0 N–H and O–H groups in total. The molecule has 1 aromatic carbocycles. The van der Waals surface area contributed by atoms with Crippen molar-refractivity contribution >= 4 is 23.2 Å². The summed E-state index contributed by atoms with van der Waals surface area (Å²) in [4.78, 5) is 12.3. The maximum absolute atomic E-state index is 13.4. The van der Waals surface area contributed by atoms with Crippen LogP contribution in [0.4, 0.5) is 13.2 Å². The van der Waals surface area contributed by atoms with Gasteiger partial charge in [0.1, 0.15) is 5.75 Å². The summed E-state index contributed by atoms with van der Waals surface area (Å²) in [6.07, 6.45) is -4.43. The van der Waals surface area contributed by atoms with Gasteiger partial charge >= 0.3 is 11.9 Å². The number of ether oxygens (including phenoxy) is 1. The minimum Gasteiger partial charge on any atom is -0.489 e. The highest BCUT2D eigenvalue weighted by molar-refractivity contribution is 6.36. The van der Waals surface area contributed by atoms with Gasteiger partial charge in [-0.3, -0.25) is 0 Å². The van der Waals surface area contributed by atoms with Gasteiger partial charge in [0.25, 0.3) is 0 Å². The Labute approximate surface area is 164 Å². The van der Waals surface area contributed by atoms with Gasteiger partial charge in [-0.05, 0) is 32.3 Å². The number of alkyl halides is 3. The molecule has 1 heterocycles. The summed E-state index contributed by atoms with van der Waals surface area (Å²) in [6, 6.07) is 1.20. The van der Waals surface area contributed by atoms with Crippen LogP contribution in [0.3, 0.4) is 0 Å². The van der Waals surface area contributed by atoms with Gasteiger partial charge in [-0.25, -0.2) is 14.0 Å². The Bertz CT molecular complexity index is 904. The molecule has 150 valence electrons. The highest BCUT2D eigenvalue weighted by Crippen LogP contribution is 2.44. The van der Waals surface area contributed by atoms with Crippen LogP contribution < -0.4 is 10.4 Å². The lowest BCUT2D eigenvalue weighted by Gasteiger charge is -2.23. The fourth-order valence-corrected chi connectivity index (χ4v) is 3.30. The fraction of sp³-hybridized carbons (Fsp3) is 0.529. The zero-order chi connectivity index (χ0) is 20.7. The van der Waals surface area contributed by atoms with E-state index in [0.29, 0.717) is 27.0 Å². The third-order valence-corrected chi connectivity index (χ3v) is 4.74. The first-order chi connectivity index (χ1) is 12.4. The fourth-order valence-electron chi connectivity index (χ4n) is 2.64. The standard InChI is InChI=1S/C17H20Cl2F3N3O2/c1-6-9(4)12-13(19)11(7-10(18)14(12)27-8(2)3)25-15(17(20,21)22)23-24(5)16(25)26/h7-9H,6H2,1-5H3. The van der Waals surface area contributed by atoms with Gasteiger partial charge in [-0.2, -0.15) is 13.2 Å². The van der Waals surface area contributed by atoms with Gasteiger partial charge in [-0.15, -0.1) is 5.10 Å². The van der Waals surface area contributed by atoms with Crippen molar-refractivity contribution < 1.29 is 17.9 Å². The zero-order valence-electron chi connectivity index (χ0n) is 15.5. The number of rotatable bonds is 5. The van der Waals surface area contributed by atoms with Crippen LogP contribution in [0.25, 0.3) is 5.69 Å². The molecule has 2 rings (SSSR count). The monoisotopic (exact) mass is 425 g/mol. The van der Waals surface area contributed by atoms with Crippen LogP contribution in [-0.2, 0) is 13.2 Å². The van der Waals surface area contributed by atoms with E-state index in [1.807, 2.05) is 13.8 Å². The number of hydrogen-bond acceptors (Lipinski definition) is 3. The van der Waals surface area contributed by atoms with Gasteiger partial charge in [0.2, 0.25) is 5.82 Å². The molecule has 1 unspecified atom stereocenters. The van der Waals surface area contributed by atoms with E-state index in [2.05, 4.69) is 5.10 Å². The van der Waals surface area contributed by atoms with Crippen LogP contribution in [0.1, 0.15) is 51.4 Å². The number of hydrogen-bond donors (Lipinski definition) is 0. The third kappa shape index (κ3) is 4.11. The van der Waals surface area contributed by atoms with E-state index >= 15 is 0 Å². The SMILES string of the molecule is CCC(C)c1c(Cl)c(-n2c(C(F)(F)F)nn(C)c2=O)cc(Cl)c1OC(C)C. The summed E-state index contributed by atoms with van der Waals surface area (Å²) >= 11 is 12.8. The molecular weight excluding hydrogens is 406 g/mol. The van der Waals surface area contributed by atoms with Gasteiger partial charge < -0.3 is 4.74 Å². The van der Waals surface area contributed by atoms with E-state index in [1.165, 1.54) is 6.07 Å². The van der Waals surface area contributed by atoms with E-state index in [-0.39, 0.29) is 27.8 Å². The van der Waals surface area contributed by atoms with Gasteiger partial charge in [0.15, 0.2) is 0 Å². The van der Waals surface area contributed by atoms with Crippen molar-refractivity contribution in [2.24, 2.45) is 7.05 Å². The predicted octanol–water partition coefficient (Wildman–Crippen LogP) is 5.20. The number of aromatic nitrogens is 3. The number of halogens is 5. The molecule has 0 amide bonds. The number of aryl methyl sites for hydroxylation is 1. The Kier molecular flexibility index (Phi) is 6.21. The Balaban J connectivity index is 2.89. The van der Waals surface area contributed by atoms with Crippen LogP contribution in [-0.4, -0.2) is 20.5 Å². The maximum Gasteiger partial charge on any atom is 0.452 e. The molecule has 0 saturated heterocycles. The van der Waals surface area contributed by atoms with E-state index in [0.717, 1.165) is 7.05 Å². The average Bonchev–Trinajstić information content (AvgIpc) is 2.85. The van der Waals surface area contributed by atoms with Crippen molar-refractivity contribution in [3.05, 3.63) is 38.0 Å². The van der Waals surface area contributed by atoms with E-state index < -0.39 is 17.7 Å². The minimum atomic E-state index is -4.85. The van der Waals surface area contributed by atoms with E-state index in [4.69, 9.17) is 27.9 Å².